The van der Waals surface area contributed by atoms with Gasteiger partial charge in [-0.15, -0.1) is 0 Å². The highest BCUT2D eigenvalue weighted by Gasteiger charge is 2.43. The lowest BCUT2D eigenvalue weighted by molar-refractivity contribution is -0.121. The Labute approximate surface area is 152 Å². The van der Waals surface area contributed by atoms with Crippen LogP contribution in [0.4, 0.5) is 0 Å². The largest absolute Gasteiger partial charge is 0.394 e. The normalized spacial score (nSPS) is 23.7. The maximum atomic E-state index is 12.4. The molecule has 0 unspecified atom stereocenters. The van der Waals surface area contributed by atoms with Gasteiger partial charge in [0.05, 0.1) is 25.4 Å². The molecule has 0 radical (unpaired) electrons. The van der Waals surface area contributed by atoms with Gasteiger partial charge in [-0.25, -0.2) is 0 Å². The summed E-state index contributed by atoms with van der Waals surface area (Å²) in [5, 5.41) is 16.8. The number of morpholine rings is 1. The summed E-state index contributed by atoms with van der Waals surface area (Å²) in [4.78, 5) is 14.6. The van der Waals surface area contributed by atoms with E-state index < -0.39 is 5.54 Å². The maximum Gasteiger partial charge on any atom is 0.273 e. The zero-order valence-corrected chi connectivity index (χ0v) is 15.1. The Kier molecular flexibility index (Phi) is 5.70. The summed E-state index contributed by atoms with van der Waals surface area (Å²) in [7, 11) is 0. The highest BCUT2D eigenvalue weighted by molar-refractivity contribution is 5.93. The second-order valence-corrected chi connectivity index (χ2v) is 6.89. The van der Waals surface area contributed by atoms with Crippen LogP contribution < -0.4 is 5.32 Å². The van der Waals surface area contributed by atoms with Crippen LogP contribution >= 0.6 is 0 Å². The third kappa shape index (κ3) is 3.80. The number of aliphatic hydroxyl groups is 1. The van der Waals surface area contributed by atoms with Crippen molar-refractivity contribution in [3.05, 3.63) is 53.4 Å². The molecule has 26 heavy (non-hydrogen) atoms. The first-order valence-corrected chi connectivity index (χ1v) is 8.74. The minimum Gasteiger partial charge on any atom is -0.394 e. The van der Waals surface area contributed by atoms with Crippen molar-refractivity contribution in [3.63, 3.8) is 0 Å². The summed E-state index contributed by atoms with van der Waals surface area (Å²) in [6.07, 6.45) is 1.43. The number of aromatic nitrogens is 1. The molecule has 2 atom stereocenters. The minimum absolute atomic E-state index is 0.113. The monoisotopic (exact) mass is 359 g/mol. The third-order valence-electron chi connectivity index (χ3n) is 4.90. The predicted molar refractivity (Wildman–Crippen MR) is 95.7 cm³/mol. The van der Waals surface area contributed by atoms with E-state index in [1.807, 2.05) is 18.2 Å². The molecular weight excluding hydrogens is 334 g/mol. The lowest BCUT2D eigenvalue weighted by atomic mass is 9.94. The van der Waals surface area contributed by atoms with E-state index >= 15 is 0 Å². The standard InChI is InChI=1S/C19H25N3O4/c1-14-9-26-21-17(14)18(24)20-11-19(12-23)13-25-10-15(2)22(19)8-16-6-4-3-5-7-16/h3-7,9,15,23H,8,10-13H2,1-2H3,(H,20,24)/t15-,19+/m1/s1. The first-order chi connectivity index (χ1) is 12.6. The van der Waals surface area contributed by atoms with Gasteiger partial charge in [0.15, 0.2) is 5.69 Å². The van der Waals surface area contributed by atoms with Crippen molar-refractivity contribution in [1.82, 2.24) is 15.4 Å². The average Bonchev–Trinajstić information content (AvgIpc) is 3.09. The number of ether oxygens (including phenoxy) is 1. The molecular formula is C19H25N3O4. The summed E-state index contributed by atoms with van der Waals surface area (Å²) < 4.78 is 10.5. The molecule has 0 saturated carbocycles. The molecule has 0 aliphatic carbocycles. The molecule has 1 aromatic carbocycles. The third-order valence-corrected chi connectivity index (χ3v) is 4.90. The van der Waals surface area contributed by atoms with Crippen molar-refractivity contribution in [3.8, 4) is 0 Å². The number of aryl methyl sites for hydroxylation is 1. The topological polar surface area (TPSA) is 87.8 Å². The molecule has 140 valence electrons. The number of carbonyl (C=O) groups is 1. The first-order valence-electron chi connectivity index (χ1n) is 8.74. The van der Waals surface area contributed by atoms with Crippen LogP contribution in [0.5, 0.6) is 0 Å². The number of nitrogens with zero attached hydrogens (tertiary/aromatic N) is 2. The summed E-state index contributed by atoms with van der Waals surface area (Å²) in [6, 6.07) is 10.2. The van der Waals surface area contributed by atoms with Crippen molar-refractivity contribution < 1.29 is 19.2 Å². The van der Waals surface area contributed by atoms with E-state index in [-0.39, 0.29) is 30.8 Å². The van der Waals surface area contributed by atoms with Crippen LogP contribution in [0.1, 0.15) is 28.5 Å². The predicted octanol–water partition coefficient (Wildman–Crippen LogP) is 1.36. The Morgan fingerprint density at radius 1 is 1.42 bits per heavy atom. The first kappa shape index (κ1) is 18.6. The molecule has 0 bridgehead atoms. The SMILES string of the molecule is Cc1conc1C(=O)NC[C@]1(CO)COC[C@@H](C)N1Cc1ccccc1. The van der Waals surface area contributed by atoms with Crippen molar-refractivity contribution in [2.75, 3.05) is 26.4 Å². The van der Waals surface area contributed by atoms with Crippen molar-refractivity contribution in [2.24, 2.45) is 0 Å². The molecule has 0 spiro atoms. The molecule has 1 fully saturated rings. The highest BCUT2D eigenvalue weighted by Crippen LogP contribution is 2.26. The Morgan fingerprint density at radius 2 is 2.19 bits per heavy atom. The van der Waals surface area contributed by atoms with E-state index in [1.165, 1.54) is 6.26 Å². The van der Waals surface area contributed by atoms with Crippen LogP contribution in [0.2, 0.25) is 0 Å². The molecule has 1 saturated heterocycles. The number of aliphatic hydroxyl groups excluding tert-OH is 1. The minimum atomic E-state index is -0.694. The van der Waals surface area contributed by atoms with E-state index in [4.69, 9.17) is 9.26 Å². The van der Waals surface area contributed by atoms with Crippen molar-refractivity contribution in [2.45, 2.75) is 32.0 Å². The van der Waals surface area contributed by atoms with Crippen LogP contribution in [0.15, 0.2) is 41.1 Å². The fourth-order valence-corrected chi connectivity index (χ4v) is 3.34. The quantitative estimate of drug-likeness (QED) is 0.810. The van der Waals surface area contributed by atoms with Crippen LogP contribution in [-0.2, 0) is 11.3 Å². The molecule has 2 heterocycles. The van der Waals surface area contributed by atoms with Gasteiger partial charge in [0.1, 0.15) is 6.26 Å². The summed E-state index contributed by atoms with van der Waals surface area (Å²) in [5.74, 6) is -0.318. The number of carbonyl (C=O) groups excluding carboxylic acids is 1. The Hall–Kier alpha value is -2.22. The lowest BCUT2D eigenvalue weighted by Gasteiger charge is -2.49. The molecule has 1 aromatic heterocycles. The summed E-state index contributed by atoms with van der Waals surface area (Å²) in [5.41, 5.74) is 1.39. The number of nitrogens with one attached hydrogen (secondary N) is 1. The summed E-state index contributed by atoms with van der Waals surface area (Å²) in [6.45, 7) is 5.57. The summed E-state index contributed by atoms with van der Waals surface area (Å²) >= 11 is 0. The Morgan fingerprint density at radius 3 is 2.85 bits per heavy atom. The zero-order chi connectivity index (χ0) is 18.6. The molecule has 2 N–H and O–H groups in total. The van der Waals surface area contributed by atoms with Gasteiger partial charge in [-0.05, 0) is 19.4 Å². The number of hydrogen-bond donors (Lipinski definition) is 2. The van der Waals surface area contributed by atoms with Gasteiger partial charge in [-0.2, -0.15) is 0 Å². The maximum absolute atomic E-state index is 12.4. The molecule has 1 aliphatic heterocycles. The average molecular weight is 359 g/mol. The van der Waals surface area contributed by atoms with Gasteiger partial charge in [0.25, 0.3) is 5.91 Å². The highest BCUT2D eigenvalue weighted by atomic mass is 16.5. The van der Waals surface area contributed by atoms with Crippen molar-refractivity contribution >= 4 is 5.91 Å². The van der Waals surface area contributed by atoms with E-state index in [0.717, 1.165) is 5.56 Å². The molecule has 2 aromatic rings. The zero-order valence-electron chi connectivity index (χ0n) is 15.1. The smallest absolute Gasteiger partial charge is 0.273 e. The fraction of sp³-hybridized carbons (Fsp3) is 0.474. The van der Waals surface area contributed by atoms with Gasteiger partial charge in [0.2, 0.25) is 0 Å². The molecule has 1 aliphatic rings. The molecule has 7 nitrogen and oxygen atoms in total. The van der Waals surface area contributed by atoms with E-state index in [1.54, 1.807) is 6.92 Å². The van der Waals surface area contributed by atoms with Crippen LogP contribution in [-0.4, -0.2) is 59.0 Å². The van der Waals surface area contributed by atoms with E-state index in [9.17, 15) is 9.90 Å². The number of rotatable bonds is 6. The van der Waals surface area contributed by atoms with E-state index in [2.05, 4.69) is 34.4 Å². The van der Waals surface area contributed by atoms with Gasteiger partial charge in [-0.3, -0.25) is 9.69 Å². The molecule has 3 rings (SSSR count). The second kappa shape index (κ2) is 7.99. The van der Waals surface area contributed by atoms with Gasteiger partial charge in [-0.1, -0.05) is 35.5 Å². The number of hydrogen-bond acceptors (Lipinski definition) is 6. The molecule has 7 heteroatoms. The van der Waals surface area contributed by atoms with Crippen LogP contribution in [0, 0.1) is 6.92 Å². The fourth-order valence-electron chi connectivity index (χ4n) is 3.34. The van der Waals surface area contributed by atoms with Gasteiger partial charge in [0, 0.05) is 24.7 Å². The number of amides is 1. The second-order valence-electron chi connectivity index (χ2n) is 6.89. The Bertz CT molecular complexity index is 733. The van der Waals surface area contributed by atoms with Crippen LogP contribution in [0.25, 0.3) is 0 Å². The Balaban J connectivity index is 1.77. The molecule has 1 amide bonds. The lowest BCUT2D eigenvalue weighted by Crippen LogP contribution is -2.66. The van der Waals surface area contributed by atoms with Crippen molar-refractivity contribution in [1.29, 1.82) is 0 Å². The van der Waals surface area contributed by atoms with Crippen LogP contribution in [0.3, 0.4) is 0 Å². The van der Waals surface area contributed by atoms with Gasteiger partial charge >= 0.3 is 0 Å². The number of benzene rings is 1. The van der Waals surface area contributed by atoms with Gasteiger partial charge < -0.3 is 19.7 Å². The van der Waals surface area contributed by atoms with E-state index in [0.29, 0.717) is 25.3 Å².